The highest BCUT2D eigenvalue weighted by Crippen LogP contribution is 1.88. The minimum atomic E-state index is -0.176. The summed E-state index contributed by atoms with van der Waals surface area (Å²) in [6.45, 7) is 2.90. The Hall–Kier alpha value is -0.200. The highest BCUT2D eigenvalue weighted by Gasteiger charge is 1.98. The smallest absolute Gasteiger partial charge is 0.0701 e. The predicted molar refractivity (Wildman–Crippen MR) is 53.2 cm³/mol. The molecule has 86 valence electrons. The minimum Gasteiger partial charge on any atom is -0.395 e. The van der Waals surface area contributed by atoms with Gasteiger partial charge in [0.25, 0.3) is 0 Å². The van der Waals surface area contributed by atoms with Crippen molar-refractivity contribution in [1.82, 2.24) is 0 Å². The maximum atomic E-state index is 8.62. The average molecular weight is 207 g/mol. The second-order valence-corrected chi connectivity index (χ2v) is 2.95. The SMILES string of the molecule is COCCOCCOCCC(N)CO. The second-order valence-electron chi connectivity index (χ2n) is 2.95. The molecule has 0 radical (unpaired) electrons. The Balaban J connectivity index is 2.92. The third kappa shape index (κ3) is 9.88. The molecule has 0 fully saturated rings. The van der Waals surface area contributed by atoms with Crippen LogP contribution in [0.4, 0.5) is 0 Å². The monoisotopic (exact) mass is 207 g/mol. The lowest BCUT2D eigenvalue weighted by atomic mass is 10.2. The quantitative estimate of drug-likeness (QED) is 0.467. The van der Waals surface area contributed by atoms with Gasteiger partial charge in [-0.15, -0.1) is 0 Å². The summed E-state index contributed by atoms with van der Waals surface area (Å²) >= 11 is 0. The summed E-state index contributed by atoms with van der Waals surface area (Å²) in [5.74, 6) is 0. The van der Waals surface area contributed by atoms with E-state index in [1.807, 2.05) is 0 Å². The number of rotatable bonds is 10. The van der Waals surface area contributed by atoms with Crippen molar-refractivity contribution in [2.45, 2.75) is 12.5 Å². The van der Waals surface area contributed by atoms with Crippen molar-refractivity contribution < 1.29 is 19.3 Å². The number of aliphatic hydroxyl groups excluding tert-OH is 1. The van der Waals surface area contributed by atoms with E-state index in [1.165, 1.54) is 0 Å². The molecular formula is C9H21NO4. The van der Waals surface area contributed by atoms with Crippen LogP contribution in [0.3, 0.4) is 0 Å². The summed E-state index contributed by atoms with van der Waals surface area (Å²) in [6.07, 6.45) is 0.675. The van der Waals surface area contributed by atoms with Gasteiger partial charge in [-0.3, -0.25) is 0 Å². The first kappa shape index (κ1) is 13.8. The molecule has 0 aliphatic carbocycles. The van der Waals surface area contributed by atoms with Crippen molar-refractivity contribution in [2.24, 2.45) is 5.73 Å². The van der Waals surface area contributed by atoms with E-state index in [1.54, 1.807) is 7.11 Å². The number of ether oxygens (including phenoxy) is 3. The Kier molecular flexibility index (Phi) is 10.7. The van der Waals surface area contributed by atoms with Crippen molar-refractivity contribution in [1.29, 1.82) is 0 Å². The molecule has 0 aromatic heterocycles. The summed E-state index contributed by atoms with van der Waals surface area (Å²) in [5, 5.41) is 8.62. The van der Waals surface area contributed by atoms with E-state index in [4.69, 9.17) is 25.1 Å². The maximum Gasteiger partial charge on any atom is 0.0701 e. The molecule has 0 rings (SSSR count). The summed E-state index contributed by atoms with van der Waals surface area (Å²) in [7, 11) is 1.64. The first-order chi connectivity index (χ1) is 6.81. The normalized spacial score (nSPS) is 13.1. The van der Waals surface area contributed by atoms with Gasteiger partial charge in [0.15, 0.2) is 0 Å². The first-order valence-corrected chi connectivity index (χ1v) is 4.82. The van der Waals surface area contributed by atoms with Crippen LogP contribution in [0.1, 0.15) is 6.42 Å². The molecule has 1 unspecified atom stereocenters. The molecular weight excluding hydrogens is 186 g/mol. The van der Waals surface area contributed by atoms with Gasteiger partial charge in [-0.25, -0.2) is 0 Å². The zero-order chi connectivity index (χ0) is 10.6. The van der Waals surface area contributed by atoms with Gasteiger partial charge >= 0.3 is 0 Å². The molecule has 0 bridgehead atoms. The molecule has 1 atom stereocenters. The molecule has 0 aromatic rings. The number of hydrogen-bond donors (Lipinski definition) is 2. The van der Waals surface area contributed by atoms with Crippen LogP contribution in [0.25, 0.3) is 0 Å². The van der Waals surface area contributed by atoms with E-state index in [9.17, 15) is 0 Å². The second kappa shape index (κ2) is 10.9. The van der Waals surface area contributed by atoms with Gasteiger partial charge in [0.1, 0.15) is 0 Å². The van der Waals surface area contributed by atoms with Gasteiger partial charge in [-0.2, -0.15) is 0 Å². The lowest BCUT2D eigenvalue weighted by Gasteiger charge is -2.08. The van der Waals surface area contributed by atoms with Crippen molar-refractivity contribution in [3.05, 3.63) is 0 Å². The predicted octanol–water partition coefficient (Wildman–Crippen LogP) is -0.624. The van der Waals surface area contributed by atoms with Crippen LogP contribution in [0.15, 0.2) is 0 Å². The summed E-state index contributed by atoms with van der Waals surface area (Å²) in [5.41, 5.74) is 5.48. The van der Waals surface area contributed by atoms with E-state index in [-0.39, 0.29) is 12.6 Å². The van der Waals surface area contributed by atoms with Gasteiger partial charge < -0.3 is 25.1 Å². The molecule has 5 heteroatoms. The Morgan fingerprint density at radius 3 is 2.21 bits per heavy atom. The molecule has 0 saturated carbocycles. The summed E-state index contributed by atoms with van der Waals surface area (Å²) < 4.78 is 15.2. The third-order valence-corrected chi connectivity index (χ3v) is 1.67. The van der Waals surface area contributed by atoms with E-state index in [0.29, 0.717) is 39.5 Å². The van der Waals surface area contributed by atoms with Gasteiger partial charge in [-0.1, -0.05) is 0 Å². The fourth-order valence-corrected chi connectivity index (χ4v) is 0.790. The topological polar surface area (TPSA) is 73.9 Å². The molecule has 0 heterocycles. The molecule has 0 amide bonds. The van der Waals surface area contributed by atoms with Crippen LogP contribution in [0.5, 0.6) is 0 Å². The van der Waals surface area contributed by atoms with Crippen LogP contribution in [0.2, 0.25) is 0 Å². The lowest BCUT2D eigenvalue weighted by Crippen LogP contribution is -2.26. The summed E-state index contributed by atoms with van der Waals surface area (Å²) in [6, 6.07) is -0.176. The fraction of sp³-hybridized carbons (Fsp3) is 1.00. The van der Waals surface area contributed by atoms with Crippen molar-refractivity contribution in [3.63, 3.8) is 0 Å². The highest BCUT2D eigenvalue weighted by atomic mass is 16.5. The van der Waals surface area contributed by atoms with E-state index >= 15 is 0 Å². The van der Waals surface area contributed by atoms with E-state index in [0.717, 1.165) is 0 Å². The van der Waals surface area contributed by atoms with Gasteiger partial charge in [-0.05, 0) is 6.42 Å². The summed E-state index contributed by atoms with van der Waals surface area (Å²) in [4.78, 5) is 0. The van der Waals surface area contributed by atoms with Gasteiger partial charge in [0.05, 0.1) is 33.0 Å². The molecule has 0 aliphatic rings. The fourth-order valence-electron chi connectivity index (χ4n) is 0.790. The van der Waals surface area contributed by atoms with Crippen molar-refractivity contribution in [3.8, 4) is 0 Å². The van der Waals surface area contributed by atoms with E-state index in [2.05, 4.69) is 0 Å². The zero-order valence-electron chi connectivity index (χ0n) is 8.78. The van der Waals surface area contributed by atoms with Crippen LogP contribution in [-0.4, -0.2) is 57.9 Å². The number of hydrogen-bond acceptors (Lipinski definition) is 5. The largest absolute Gasteiger partial charge is 0.395 e. The molecule has 0 saturated heterocycles. The minimum absolute atomic E-state index is 0.00764. The lowest BCUT2D eigenvalue weighted by molar-refractivity contribution is 0.0225. The molecule has 0 aromatic carbocycles. The number of nitrogens with two attached hydrogens (primary N) is 1. The Morgan fingerprint density at radius 2 is 1.64 bits per heavy atom. The Morgan fingerprint density at radius 1 is 1.07 bits per heavy atom. The van der Waals surface area contributed by atoms with Crippen molar-refractivity contribution >= 4 is 0 Å². The zero-order valence-corrected chi connectivity index (χ0v) is 8.78. The Labute approximate surface area is 85.1 Å². The standard InChI is InChI=1S/C9H21NO4/c1-12-4-5-14-7-6-13-3-2-9(10)8-11/h9,11H,2-8,10H2,1H3. The molecule has 0 aliphatic heterocycles. The van der Waals surface area contributed by atoms with Crippen LogP contribution >= 0.6 is 0 Å². The van der Waals surface area contributed by atoms with Crippen LogP contribution in [-0.2, 0) is 14.2 Å². The van der Waals surface area contributed by atoms with Crippen LogP contribution in [0, 0.1) is 0 Å². The molecule has 14 heavy (non-hydrogen) atoms. The highest BCUT2D eigenvalue weighted by molar-refractivity contribution is 4.56. The molecule has 5 nitrogen and oxygen atoms in total. The average Bonchev–Trinajstić information content (AvgIpc) is 2.21. The third-order valence-electron chi connectivity index (χ3n) is 1.67. The Bertz CT molecular complexity index is 113. The van der Waals surface area contributed by atoms with Crippen molar-refractivity contribution in [2.75, 3.05) is 46.8 Å². The van der Waals surface area contributed by atoms with Crippen LogP contribution < -0.4 is 5.73 Å². The van der Waals surface area contributed by atoms with Gasteiger partial charge in [0.2, 0.25) is 0 Å². The maximum absolute atomic E-state index is 8.62. The van der Waals surface area contributed by atoms with Gasteiger partial charge in [0, 0.05) is 19.8 Å². The first-order valence-electron chi connectivity index (χ1n) is 4.82. The molecule has 0 spiro atoms. The molecule has 3 N–H and O–H groups in total. The van der Waals surface area contributed by atoms with E-state index < -0.39 is 0 Å². The number of aliphatic hydroxyl groups is 1. The number of methoxy groups -OCH3 is 1.